The highest BCUT2D eigenvalue weighted by molar-refractivity contribution is 7.11. The van der Waals surface area contributed by atoms with Gasteiger partial charge in [-0.3, -0.25) is 4.79 Å². The molecular weight excluding hydrogens is 374 g/mol. The molecule has 4 rings (SSSR count). The third-order valence-corrected chi connectivity index (χ3v) is 6.28. The Hall–Kier alpha value is -2.48. The highest BCUT2D eigenvalue weighted by Gasteiger charge is 2.25. The van der Waals surface area contributed by atoms with E-state index >= 15 is 0 Å². The van der Waals surface area contributed by atoms with E-state index in [9.17, 15) is 4.79 Å². The summed E-state index contributed by atoms with van der Waals surface area (Å²) in [6.45, 7) is 6.42. The zero-order valence-electron chi connectivity index (χ0n) is 16.3. The van der Waals surface area contributed by atoms with Gasteiger partial charge in [0.25, 0.3) is 6.01 Å². The molecule has 1 aliphatic rings. The predicted molar refractivity (Wildman–Crippen MR) is 110 cm³/mol. The molecule has 28 heavy (non-hydrogen) atoms. The molecule has 1 N–H and O–H groups in total. The van der Waals surface area contributed by atoms with Crippen LogP contribution in [0.4, 0.5) is 6.01 Å². The quantitative estimate of drug-likeness (QED) is 0.685. The first kappa shape index (κ1) is 18.9. The summed E-state index contributed by atoms with van der Waals surface area (Å²) in [7, 11) is 0. The monoisotopic (exact) mass is 399 g/mol. The summed E-state index contributed by atoms with van der Waals surface area (Å²) in [5.41, 5.74) is 2.41. The van der Waals surface area contributed by atoms with Crippen LogP contribution in [0.25, 0.3) is 11.2 Å². The number of nitrogens with one attached hydrogen (secondary N) is 1. The van der Waals surface area contributed by atoms with E-state index in [1.807, 2.05) is 19.1 Å². The van der Waals surface area contributed by atoms with E-state index < -0.39 is 0 Å². The van der Waals surface area contributed by atoms with Crippen LogP contribution in [0.2, 0.25) is 0 Å². The number of hydrogen-bond acceptors (Lipinski definition) is 7. The summed E-state index contributed by atoms with van der Waals surface area (Å²) in [4.78, 5) is 29.0. The molecule has 0 radical (unpaired) electrons. The van der Waals surface area contributed by atoms with Gasteiger partial charge in [-0.15, -0.1) is 11.3 Å². The number of nitrogens with zero attached hydrogens (tertiary/aromatic N) is 4. The lowest BCUT2D eigenvalue weighted by molar-refractivity contribution is -0.122. The Labute approximate surface area is 168 Å². The number of carbonyl (C=O) groups is 1. The molecule has 8 heteroatoms. The maximum absolute atomic E-state index is 12.4. The van der Waals surface area contributed by atoms with Crippen molar-refractivity contribution in [2.45, 2.75) is 39.5 Å². The molecule has 1 saturated heterocycles. The van der Waals surface area contributed by atoms with Gasteiger partial charge in [-0.2, -0.15) is 4.98 Å². The van der Waals surface area contributed by atoms with Crippen molar-refractivity contribution in [2.24, 2.45) is 5.92 Å². The van der Waals surface area contributed by atoms with Crippen LogP contribution in [0, 0.1) is 19.8 Å². The molecule has 1 aliphatic heterocycles. The average Bonchev–Trinajstić information content (AvgIpc) is 3.25. The number of hydrogen-bond donors (Lipinski definition) is 1. The van der Waals surface area contributed by atoms with Crippen molar-refractivity contribution in [1.82, 2.24) is 20.3 Å². The standard InChI is InChI=1S/C20H25N5O2S/c1-13-14(2)28-18(23-13)7-9-21-17(26)11-15-5-4-10-25(12-15)20-24-19-16(27-20)6-3-8-22-19/h3,6,8,15H,4-5,7,9-12H2,1-2H3,(H,21,26). The second kappa shape index (κ2) is 8.26. The highest BCUT2D eigenvalue weighted by atomic mass is 32.1. The van der Waals surface area contributed by atoms with Gasteiger partial charge in [-0.1, -0.05) is 0 Å². The minimum absolute atomic E-state index is 0.107. The molecule has 3 aromatic rings. The molecule has 0 bridgehead atoms. The van der Waals surface area contributed by atoms with Crippen LogP contribution in [0.15, 0.2) is 22.7 Å². The van der Waals surface area contributed by atoms with Gasteiger partial charge in [0.15, 0.2) is 5.58 Å². The van der Waals surface area contributed by atoms with Gasteiger partial charge in [0.05, 0.1) is 10.7 Å². The van der Waals surface area contributed by atoms with Crippen LogP contribution in [-0.2, 0) is 11.2 Å². The van der Waals surface area contributed by atoms with E-state index in [1.54, 1.807) is 17.5 Å². The number of aryl methyl sites for hydroxylation is 2. The van der Waals surface area contributed by atoms with Crippen LogP contribution in [0.1, 0.15) is 34.8 Å². The number of anilines is 1. The minimum Gasteiger partial charge on any atom is -0.422 e. The third-order valence-electron chi connectivity index (χ3n) is 5.15. The molecule has 1 atom stereocenters. The Morgan fingerprint density at radius 1 is 1.39 bits per heavy atom. The SMILES string of the molecule is Cc1nc(CCNC(=O)CC2CCCN(c3nc4ncccc4o3)C2)sc1C. The Kier molecular flexibility index (Phi) is 5.57. The first-order chi connectivity index (χ1) is 13.6. The number of rotatable bonds is 6. The summed E-state index contributed by atoms with van der Waals surface area (Å²) in [5, 5.41) is 4.13. The zero-order chi connectivity index (χ0) is 19.5. The normalized spacial score (nSPS) is 17.2. The number of fused-ring (bicyclic) bond motifs is 1. The van der Waals surface area contributed by atoms with E-state index in [4.69, 9.17) is 4.42 Å². The number of aromatic nitrogens is 3. The highest BCUT2D eigenvalue weighted by Crippen LogP contribution is 2.26. The van der Waals surface area contributed by atoms with Gasteiger partial charge >= 0.3 is 0 Å². The number of carbonyl (C=O) groups excluding carboxylic acids is 1. The van der Waals surface area contributed by atoms with E-state index in [0.29, 0.717) is 36.1 Å². The molecule has 7 nitrogen and oxygen atoms in total. The number of pyridine rings is 1. The lowest BCUT2D eigenvalue weighted by atomic mass is 9.94. The molecule has 3 aromatic heterocycles. The number of amides is 1. The van der Waals surface area contributed by atoms with Crippen LogP contribution < -0.4 is 10.2 Å². The zero-order valence-corrected chi connectivity index (χ0v) is 17.1. The molecule has 1 amide bonds. The number of piperidine rings is 1. The lowest BCUT2D eigenvalue weighted by Crippen LogP contribution is -2.38. The van der Waals surface area contributed by atoms with Crippen LogP contribution in [0.5, 0.6) is 0 Å². The van der Waals surface area contributed by atoms with Gasteiger partial charge in [0.1, 0.15) is 0 Å². The van der Waals surface area contributed by atoms with Crippen molar-refractivity contribution in [3.63, 3.8) is 0 Å². The topological polar surface area (TPSA) is 84.2 Å². The molecule has 4 heterocycles. The van der Waals surface area contributed by atoms with Crippen LogP contribution in [0.3, 0.4) is 0 Å². The molecule has 148 valence electrons. The van der Waals surface area contributed by atoms with Crippen molar-refractivity contribution in [3.05, 3.63) is 33.9 Å². The van der Waals surface area contributed by atoms with Crippen LogP contribution in [-0.4, -0.2) is 40.5 Å². The van der Waals surface area contributed by atoms with Gasteiger partial charge in [-0.05, 0) is 44.7 Å². The molecule has 0 saturated carbocycles. The van der Waals surface area contributed by atoms with E-state index in [2.05, 4.69) is 32.1 Å². The van der Waals surface area contributed by atoms with E-state index in [-0.39, 0.29) is 5.91 Å². The lowest BCUT2D eigenvalue weighted by Gasteiger charge is -2.31. The van der Waals surface area contributed by atoms with Crippen molar-refractivity contribution in [3.8, 4) is 0 Å². The van der Waals surface area contributed by atoms with Crippen molar-refractivity contribution < 1.29 is 9.21 Å². The van der Waals surface area contributed by atoms with E-state index in [1.165, 1.54) is 4.88 Å². The van der Waals surface area contributed by atoms with Crippen molar-refractivity contribution in [2.75, 3.05) is 24.5 Å². The fourth-order valence-corrected chi connectivity index (χ4v) is 4.52. The molecule has 1 unspecified atom stereocenters. The van der Waals surface area contributed by atoms with Gasteiger partial charge in [0.2, 0.25) is 11.6 Å². The Morgan fingerprint density at radius 2 is 2.29 bits per heavy atom. The Balaban J connectivity index is 1.27. The summed E-state index contributed by atoms with van der Waals surface area (Å²) < 4.78 is 5.83. The molecular formula is C20H25N5O2S. The Bertz CT molecular complexity index is 914. The second-order valence-corrected chi connectivity index (χ2v) is 8.62. The summed E-state index contributed by atoms with van der Waals surface area (Å²) >= 11 is 1.71. The Morgan fingerprint density at radius 3 is 3.07 bits per heavy atom. The maximum atomic E-state index is 12.4. The molecule has 0 aromatic carbocycles. The fraction of sp³-hybridized carbons (Fsp3) is 0.500. The van der Waals surface area contributed by atoms with Crippen LogP contribution >= 0.6 is 11.3 Å². The maximum Gasteiger partial charge on any atom is 0.299 e. The summed E-state index contributed by atoms with van der Waals surface area (Å²) in [6.07, 6.45) is 5.12. The van der Waals surface area contributed by atoms with Crippen molar-refractivity contribution in [1.29, 1.82) is 0 Å². The number of oxazole rings is 1. The predicted octanol–water partition coefficient (Wildman–Crippen LogP) is 3.26. The second-order valence-electron chi connectivity index (χ2n) is 7.33. The molecule has 0 spiro atoms. The van der Waals surface area contributed by atoms with Crippen molar-refractivity contribution >= 4 is 34.5 Å². The van der Waals surface area contributed by atoms with Gasteiger partial charge in [-0.25, -0.2) is 9.97 Å². The van der Waals surface area contributed by atoms with Gasteiger partial charge in [0, 0.05) is 43.5 Å². The smallest absolute Gasteiger partial charge is 0.299 e. The van der Waals surface area contributed by atoms with Gasteiger partial charge < -0.3 is 14.6 Å². The average molecular weight is 400 g/mol. The minimum atomic E-state index is 0.107. The molecule has 0 aliphatic carbocycles. The third kappa shape index (κ3) is 4.32. The first-order valence-corrected chi connectivity index (χ1v) is 10.6. The largest absolute Gasteiger partial charge is 0.422 e. The molecule has 1 fully saturated rings. The summed E-state index contributed by atoms with van der Waals surface area (Å²) in [6, 6.07) is 4.32. The first-order valence-electron chi connectivity index (χ1n) is 9.74. The fourth-order valence-electron chi connectivity index (χ4n) is 3.59. The van der Waals surface area contributed by atoms with E-state index in [0.717, 1.165) is 43.1 Å². The summed E-state index contributed by atoms with van der Waals surface area (Å²) in [5.74, 6) is 0.414. The number of thiazole rings is 1.